The van der Waals surface area contributed by atoms with Gasteiger partial charge < -0.3 is 0 Å². The topological polar surface area (TPSA) is 9.23 Å². The van der Waals surface area contributed by atoms with E-state index < -0.39 is 17.8 Å². The van der Waals surface area contributed by atoms with Gasteiger partial charge in [-0.1, -0.05) is 0 Å². The fourth-order valence-corrected chi connectivity index (χ4v) is 5.40. The van der Waals surface area contributed by atoms with Crippen molar-refractivity contribution in [1.82, 2.24) is 0 Å². The Balaban J connectivity index is 0.00000242. The quantitative estimate of drug-likeness (QED) is 0.566. The summed E-state index contributed by atoms with van der Waals surface area (Å²) in [5.74, 6) is 1.05. The summed E-state index contributed by atoms with van der Waals surface area (Å²) in [6.45, 7) is 13.3. The van der Waals surface area contributed by atoms with Gasteiger partial charge >= 0.3 is 135 Å². The molecule has 0 saturated heterocycles. The van der Waals surface area contributed by atoms with E-state index in [4.69, 9.17) is 3.32 Å². The molecular formula is C19H28Cl2OTi. The molecule has 4 heteroatoms. The summed E-state index contributed by atoms with van der Waals surface area (Å²) in [5.41, 5.74) is 2.79. The van der Waals surface area contributed by atoms with Gasteiger partial charge in [0.25, 0.3) is 0 Å². The maximum Gasteiger partial charge on any atom is -0.147 e. The molecule has 0 saturated carbocycles. The zero-order valence-electron chi connectivity index (χ0n) is 14.9. The average molecular weight is 391 g/mol. The molecule has 0 aliphatic heterocycles. The predicted molar refractivity (Wildman–Crippen MR) is 103 cm³/mol. The molecule has 23 heavy (non-hydrogen) atoms. The molecule has 1 nitrogen and oxygen atoms in total. The van der Waals surface area contributed by atoms with Gasteiger partial charge in [-0.15, -0.1) is 24.8 Å². The van der Waals surface area contributed by atoms with E-state index in [1.54, 1.807) is 0 Å². The summed E-state index contributed by atoms with van der Waals surface area (Å²) in [6.07, 6.45) is 7.71. The van der Waals surface area contributed by atoms with Gasteiger partial charge in [-0.25, -0.2) is 0 Å². The minimum absolute atomic E-state index is 0. The summed E-state index contributed by atoms with van der Waals surface area (Å²) in [5, 5.41) is 0. The van der Waals surface area contributed by atoms with Crippen LogP contribution in [-0.4, -0.2) is 3.81 Å². The summed E-state index contributed by atoms with van der Waals surface area (Å²) in [7, 11) is 0. The van der Waals surface area contributed by atoms with Gasteiger partial charge in [-0.3, -0.25) is 0 Å². The van der Waals surface area contributed by atoms with Crippen LogP contribution in [0, 0.1) is 6.92 Å². The van der Waals surface area contributed by atoms with Gasteiger partial charge in [0.2, 0.25) is 0 Å². The van der Waals surface area contributed by atoms with Crippen LogP contribution in [0.15, 0.2) is 40.3 Å². The third-order valence-electron chi connectivity index (χ3n) is 3.65. The summed E-state index contributed by atoms with van der Waals surface area (Å²) < 4.78 is 9.47. The van der Waals surface area contributed by atoms with Crippen LogP contribution in [0.3, 0.4) is 0 Å². The summed E-state index contributed by atoms with van der Waals surface area (Å²) >= 11 is -1.78. The van der Waals surface area contributed by atoms with Crippen molar-refractivity contribution in [2.75, 3.05) is 0 Å². The van der Waals surface area contributed by atoms with Crippen molar-refractivity contribution in [3.63, 3.8) is 0 Å². The molecule has 1 aromatic carbocycles. The molecule has 1 aliphatic carbocycles. The molecule has 0 spiro atoms. The van der Waals surface area contributed by atoms with E-state index in [0.29, 0.717) is 0 Å². The average Bonchev–Trinajstić information content (AvgIpc) is 2.87. The van der Waals surface area contributed by atoms with Crippen molar-refractivity contribution in [3.05, 3.63) is 51.4 Å². The Morgan fingerprint density at radius 1 is 1.09 bits per heavy atom. The number of aryl methyl sites for hydroxylation is 1. The number of hydrogen-bond acceptors (Lipinski definition) is 1. The first-order valence-corrected chi connectivity index (χ1v) is 9.81. The van der Waals surface area contributed by atoms with E-state index in [1.165, 1.54) is 18.8 Å². The normalized spacial score (nSPS) is 12.9. The van der Waals surface area contributed by atoms with E-state index in [2.05, 4.69) is 78.0 Å². The van der Waals surface area contributed by atoms with Gasteiger partial charge in [-0.2, -0.15) is 0 Å². The molecular weight excluding hydrogens is 363 g/mol. The fourth-order valence-electron chi connectivity index (χ4n) is 2.46. The number of halogens is 2. The van der Waals surface area contributed by atoms with Crippen molar-refractivity contribution < 1.29 is 21.1 Å². The van der Waals surface area contributed by atoms with Crippen molar-refractivity contribution in [2.45, 2.75) is 53.4 Å². The third kappa shape index (κ3) is 6.23. The SMILES string of the molecule is C[C](C)=[Ti]([O]c1cc(C)cc(C(C)(C)C)c1)[C]1=CC=CC1.Cl.Cl. The molecule has 0 unspecified atom stereocenters. The van der Waals surface area contributed by atoms with E-state index in [0.717, 1.165) is 12.2 Å². The Kier molecular flexibility index (Phi) is 9.09. The van der Waals surface area contributed by atoms with E-state index >= 15 is 0 Å². The molecule has 0 atom stereocenters. The molecule has 0 N–H and O–H groups in total. The van der Waals surface area contributed by atoms with Crippen LogP contribution in [-0.2, 0) is 23.2 Å². The minimum Gasteiger partial charge on any atom is -0.147 e. The van der Waals surface area contributed by atoms with Crippen LogP contribution in [0.4, 0.5) is 0 Å². The van der Waals surface area contributed by atoms with Gasteiger partial charge in [0.05, 0.1) is 0 Å². The Morgan fingerprint density at radius 3 is 2.22 bits per heavy atom. The van der Waals surface area contributed by atoms with Gasteiger partial charge in [0.1, 0.15) is 0 Å². The first-order valence-electron chi connectivity index (χ1n) is 7.61. The van der Waals surface area contributed by atoms with Crippen LogP contribution in [0.1, 0.15) is 52.2 Å². The first kappa shape index (κ1) is 22.7. The van der Waals surface area contributed by atoms with E-state index in [1.807, 2.05) is 0 Å². The summed E-state index contributed by atoms with van der Waals surface area (Å²) in [4.78, 5) is 0. The van der Waals surface area contributed by atoms with Crippen LogP contribution >= 0.6 is 24.8 Å². The van der Waals surface area contributed by atoms with E-state index in [9.17, 15) is 0 Å². The Hall–Kier alpha value is -0.336. The molecule has 0 fully saturated rings. The Labute approximate surface area is 159 Å². The molecule has 1 aromatic rings. The van der Waals surface area contributed by atoms with Crippen molar-refractivity contribution >= 4 is 28.6 Å². The predicted octanol–water partition coefficient (Wildman–Crippen LogP) is 6.10. The monoisotopic (exact) mass is 390 g/mol. The summed E-state index contributed by atoms with van der Waals surface area (Å²) in [6, 6.07) is 6.67. The van der Waals surface area contributed by atoms with Crippen LogP contribution < -0.4 is 3.32 Å². The zero-order valence-corrected chi connectivity index (χ0v) is 18.1. The first-order chi connectivity index (χ1) is 9.77. The van der Waals surface area contributed by atoms with Crippen molar-refractivity contribution in [3.8, 4) is 5.75 Å². The van der Waals surface area contributed by atoms with Crippen LogP contribution in [0.2, 0.25) is 0 Å². The van der Waals surface area contributed by atoms with Crippen molar-refractivity contribution in [2.24, 2.45) is 0 Å². The minimum atomic E-state index is -1.78. The standard InChI is InChI=1S/C11H16O.C5H5.C3H6.2ClH.Ti/c1-8-5-9(11(2,3)4)7-10(12)6-8;1-2-4-5-3-1;1-3-2;;;/h5-7,12H,1-4H3;1-3H,4H2;1-2H3;2*1H;/q;;;;;+1/p-1. The second-order valence-electron chi connectivity index (χ2n) is 7.04. The largest absolute Gasteiger partial charge is 0.147 e. The maximum absolute atomic E-state index is 6.50. The van der Waals surface area contributed by atoms with Gasteiger partial charge in [0.15, 0.2) is 0 Å². The molecule has 128 valence electrons. The Bertz CT molecular complexity index is 633. The molecule has 0 amide bonds. The number of allylic oxidation sites excluding steroid dienone is 4. The van der Waals surface area contributed by atoms with Crippen LogP contribution in [0.5, 0.6) is 5.75 Å². The number of hydrogen-bond donors (Lipinski definition) is 0. The van der Waals surface area contributed by atoms with Crippen molar-refractivity contribution in [1.29, 1.82) is 0 Å². The molecule has 0 heterocycles. The fraction of sp³-hybridized carbons (Fsp3) is 0.421. The number of benzene rings is 1. The molecule has 0 bridgehead atoms. The second kappa shape index (κ2) is 9.23. The third-order valence-corrected chi connectivity index (χ3v) is 7.25. The zero-order chi connectivity index (χ0) is 15.6. The second-order valence-corrected chi connectivity index (χ2v) is 11.0. The maximum atomic E-state index is 6.50. The molecule has 0 radical (unpaired) electrons. The molecule has 2 rings (SSSR count). The smallest absolute Gasteiger partial charge is 0.147 e. The Morgan fingerprint density at radius 2 is 1.74 bits per heavy atom. The van der Waals surface area contributed by atoms with Crippen LogP contribution in [0.25, 0.3) is 0 Å². The number of rotatable bonds is 3. The van der Waals surface area contributed by atoms with Gasteiger partial charge in [0, 0.05) is 0 Å². The molecule has 1 aliphatic rings. The van der Waals surface area contributed by atoms with Gasteiger partial charge in [-0.05, 0) is 0 Å². The van der Waals surface area contributed by atoms with E-state index in [-0.39, 0.29) is 30.2 Å². The molecule has 0 aromatic heterocycles.